The minimum absolute atomic E-state index is 0.0561. The van der Waals surface area contributed by atoms with Crippen LogP contribution in [-0.2, 0) is 0 Å². The first-order valence-corrected chi connectivity index (χ1v) is 10.7. The van der Waals surface area contributed by atoms with E-state index in [0.717, 1.165) is 17.7 Å². The molecule has 0 radical (unpaired) electrons. The minimum atomic E-state index is -2.72. The fourth-order valence-corrected chi connectivity index (χ4v) is 3.32. The van der Waals surface area contributed by atoms with Gasteiger partial charge in [-0.05, 0) is 91.8 Å². The summed E-state index contributed by atoms with van der Waals surface area (Å²) < 4.78 is 99.8. The second kappa shape index (κ2) is 9.84. The first-order chi connectivity index (χ1) is 22.4. The van der Waals surface area contributed by atoms with Crippen LogP contribution in [0.4, 0.5) is 17.3 Å². The Morgan fingerprint density at radius 3 is 2.83 bits per heavy atom. The molecule has 0 aliphatic carbocycles. The summed E-state index contributed by atoms with van der Waals surface area (Å²) in [7, 11) is 0. The van der Waals surface area contributed by atoms with Crippen LogP contribution in [0.1, 0.15) is 43.5 Å². The quantitative estimate of drug-likeness (QED) is 0.296. The molecular formula is C29H26N6O. The number of pyridine rings is 1. The van der Waals surface area contributed by atoms with Crippen LogP contribution in [0.5, 0.6) is 0 Å². The molecule has 1 amide bonds. The van der Waals surface area contributed by atoms with Gasteiger partial charge in [-0.3, -0.25) is 9.78 Å². The Hall–Kier alpha value is -4.78. The van der Waals surface area contributed by atoms with E-state index in [1.54, 1.807) is 23.0 Å². The van der Waals surface area contributed by atoms with Crippen LogP contribution in [0.25, 0.3) is 16.9 Å². The maximum Gasteiger partial charge on any atom is 0.255 e. The molecule has 5 aromatic rings. The van der Waals surface area contributed by atoms with E-state index < -0.39 is 66.6 Å². The summed E-state index contributed by atoms with van der Waals surface area (Å²) in [4.78, 5) is 25.1. The summed E-state index contributed by atoms with van der Waals surface area (Å²) in [6.07, 6.45) is 1.43. The van der Waals surface area contributed by atoms with Crippen molar-refractivity contribution in [1.82, 2.24) is 19.5 Å². The van der Waals surface area contributed by atoms with Gasteiger partial charge < -0.3 is 15.2 Å². The van der Waals surface area contributed by atoms with Crippen molar-refractivity contribution in [2.24, 2.45) is 0 Å². The summed E-state index contributed by atoms with van der Waals surface area (Å²) in [5, 5.41) is 5.21. The normalized spacial score (nSPS) is 15.8. The van der Waals surface area contributed by atoms with Crippen molar-refractivity contribution in [3.05, 3.63) is 114 Å². The molecule has 5 rings (SSSR count). The van der Waals surface area contributed by atoms with Crippen molar-refractivity contribution in [2.45, 2.75) is 20.7 Å². The molecule has 0 aliphatic heterocycles. The SMILES string of the molecule is [2H]c1nc(Nc2cc(C(=O)Nc3c([2H])c(C)c([2H])c(-n4ccc(C)c4)c3[2H])ccc2C([2H])([2H])[2H])nc(-c2c([2H])nc([2H])c([2H])c2[2H])c1[2H]. The van der Waals surface area contributed by atoms with Gasteiger partial charge in [0.05, 0.1) is 18.0 Å². The standard InChI is InChI=1S/C29H26N6O/c1-19-9-12-35(18-19)25-14-20(2)13-24(16-25)32-28(36)22-7-6-21(3)27(15-22)34-29-31-11-8-26(33-29)23-5-4-10-30-17-23/h4-18H,1-3H3,(H,32,36)(H,31,33,34)/i3D3,4D,5D,8D,10D,11D,13D,14D,16D,17D. The number of carbonyl (C=O) groups is 1. The van der Waals surface area contributed by atoms with E-state index in [2.05, 4.69) is 25.6 Å². The Morgan fingerprint density at radius 2 is 2.00 bits per heavy atom. The van der Waals surface area contributed by atoms with Gasteiger partial charge in [-0.15, -0.1) is 0 Å². The lowest BCUT2D eigenvalue weighted by molar-refractivity contribution is 0.102. The molecule has 0 bridgehead atoms. The highest BCUT2D eigenvalue weighted by atomic mass is 16.1. The molecule has 3 heterocycles. The predicted molar refractivity (Wildman–Crippen MR) is 143 cm³/mol. The number of rotatable bonds is 6. The van der Waals surface area contributed by atoms with E-state index in [1.807, 2.05) is 6.92 Å². The van der Waals surface area contributed by atoms with Crippen molar-refractivity contribution in [1.29, 1.82) is 0 Å². The topological polar surface area (TPSA) is 84.7 Å². The number of anilines is 3. The second-order valence-electron chi connectivity index (χ2n) is 7.75. The lowest BCUT2D eigenvalue weighted by Crippen LogP contribution is -2.13. The Labute approximate surface area is 226 Å². The van der Waals surface area contributed by atoms with Gasteiger partial charge in [0.15, 0.2) is 0 Å². The van der Waals surface area contributed by atoms with Crippen LogP contribution < -0.4 is 10.6 Å². The van der Waals surface area contributed by atoms with Gasteiger partial charge in [0.2, 0.25) is 5.95 Å². The number of aryl methyl sites for hydroxylation is 2. The number of benzene rings is 2. The van der Waals surface area contributed by atoms with E-state index in [1.165, 1.54) is 13.0 Å². The number of hydrogen-bond acceptors (Lipinski definition) is 5. The minimum Gasteiger partial charge on any atom is -0.324 e. The molecule has 7 nitrogen and oxygen atoms in total. The lowest BCUT2D eigenvalue weighted by atomic mass is 10.1. The average Bonchev–Trinajstić information content (AvgIpc) is 3.44. The summed E-state index contributed by atoms with van der Waals surface area (Å²) in [5.41, 5.74) is -0.315. The van der Waals surface area contributed by atoms with E-state index in [9.17, 15) is 4.79 Å². The van der Waals surface area contributed by atoms with Crippen molar-refractivity contribution in [3.63, 3.8) is 0 Å². The molecule has 0 atom stereocenters. The fraction of sp³-hybridized carbons (Fsp3) is 0.103. The first-order valence-electron chi connectivity index (χ1n) is 16.7. The molecule has 36 heavy (non-hydrogen) atoms. The van der Waals surface area contributed by atoms with Gasteiger partial charge in [-0.25, -0.2) is 9.97 Å². The number of carbonyl (C=O) groups excluding carboxylic acids is 1. The monoisotopic (exact) mass is 486 g/mol. The third-order valence-electron chi connectivity index (χ3n) is 4.99. The number of hydrogen-bond donors (Lipinski definition) is 2. The van der Waals surface area contributed by atoms with Gasteiger partial charge >= 0.3 is 0 Å². The lowest BCUT2D eigenvalue weighted by Gasteiger charge is -2.13. The van der Waals surface area contributed by atoms with Crippen LogP contribution in [0.3, 0.4) is 0 Å². The average molecular weight is 487 g/mol. The fourth-order valence-electron chi connectivity index (χ4n) is 3.32. The van der Waals surface area contributed by atoms with Crippen LogP contribution in [0.15, 0.2) is 91.4 Å². The molecule has 178 valence electrons. The van der Waals surface area contributed by atoms with Gasteiger partial charge in [-0.2, -0.15) is 0 Å². The van der Waals surface area contributed by atoms with Crippen molar-refractivity contribution >= 4 is 23.2 Å². The zero-order valence-electron chi connectivity index (χ0n) is 31.2. The third-order valence-corrected chi connectivity index (χ3v) is 4.99. The molecule has 0 spiro atoms. The van der Waals surface area contributed by atoms with Crippen LogP contribution in [0, 0.1) is 20.7 Å². The van der Waals surface area contributed by atoms with Gasteiger partial charge in [0.1, 0.15) is 0 Å². The molecular weight excluding hydrogens is 448 g/mol. The molecule has 0 saturated carbocycles. The maximum absolute atomic E-state index is 13.5. The van der Waals surface area contributed by atoms with Gasteiger partial charge in [0, 0.05) is 63.2 Å². The van der Waals surface area contributed by atoms with Crippen LogP contribution >= 0.6 is 0 Å². The summed E-state index contributed by atoms with van der Waals surface area (Å²) >= 11 is 0. The molecule has 0 aliphatic rings. The van der Waals surface area contributed by atoms with E-state index in [4.69, 9.17) is 16.4 Å². The highest BCUT2D eigenvalue weighted by Crippen LogP contribution is 2.24. The highest BCUT2D eigenvalue weighted by molar-refractivity contribution is 6.05. The van der Waals surface area contributed by atoms with Crippen LogP contribution in [0.2, 0.25) is 0 Å². The Morgan fingerprint density at radius 1 is 1.08 bits per heavy atom. The van der Waals surface area contributed by atoms with E-state index in [-0.39, 0.29) is 51.9 Å². The highest BCUT2D eigenvalue weighted by Gasteiger charge is 2.12. The summed E-state index contributed by atoms with van der Waals surface area (Å²) in [5.74, 6) is -1.24. The summed E-state index contributed by atoms with van der Waals surface area (Å²) in [6, 6.07) is 2.91. The zero-order valence-corrected chi connectivity index (χ0v) is 19.2. The zero-order chi connectivity index (χ0) is 35.4. The molecule has 0 fully saturated rings. The molecule has 7 heteroatoms. The largest absolute Gasteiger partial charge is 0.324 e. The van der Waals surface area contributed by atoms with E-state index in [0.29, 0.717) is 0 Å². The Balaban J connectivity index is 1.57. The number of nitrogens with one attached hydrogen (secondary N) is 2. The van der Waals surface area contributed by atoms with Crippen LogP contribution in [-0.4, -0.2) is 25.4 Å². The molecule has 0 unspecified atom stereocenters. The molecule has 2 aromatic carbocycles. The van der Waals surface area contributed by atoms with E-state index >= 15 is 0 Å². The molecule has 0 saturated heterocycles. The van der Waals surface area contributed by atoms with Crippen molar-refractivity contribution < 1.29 is 21.2 Å². The molecule has 2 N–H and O–H groups in total. The Bertz CT molecular complexity index is 2130. The second-order valence-corrected chi connectivity index (χ2v) is 7.75. The van der Waals surface area contributed by atoms with Gasteiger partial charge in [0.25, 0.3) is 5.91 Å². The number of amides is 1. The summed E-state index contributed by atoms with van der Waals surface area (Å²) in [6.45, 7) is 0.646. The third kappa shape index (κ3) is 5.15. The van der Waals surface area contributed by atoms with Gasteiger partial charge in [-0.1, -0.05) is 6.07 Å². The predicted octanol–water partition coefficient (Wildman–Crippen LogP) is 6.25. The molecule has 3 aromatic heterocycles. The maximum atomic E-state index is 13.5. The number of aromatic nitrogens is 4. The van der Waals surface area contributed by atoms with Crippen molar-refractivity contribution in [2.75, 3.05) is 10.6 Å². The number of nitrogens with zero attached hydrogens (tertiary/aromatic N) is 4. The first kappa shape index (κ1) is 12.8. The van der Waals surface area contributed by atoms with Crippen molar-refractivity contribution in [3.8, 4) is 16.9 Å². The Kier molecular flexibility index (Phi) is 3.49. The smallest absolute Gasteiger partial charge is 0.255 e.